The summed E-state index contributed by atoms with van der Waals surface area (Å²) in [5, 5.41) is 4.22. The first kappa shape index (κ1) is 13.5. The highest BCUT2D eigenvalue weighted by molar-refractivity contribution is 6.35. The lowest BCUT2D eigenvalue weighted by Gasteiger charge is -2.21. The van der Waals surface area contributed by atoms with Gasteiger partial charge in [-0.15, -0.1) is 0 Å². The summed E-state index contributed by atoms with van der Waals surface area (Å²) in [5.74, 6) is 0.107. The van der Waals surface area contributed by atoms with Gasteiger partial charge in [0.25, 0.3) is 0 Å². The molecule has 2 rings (SSSR count). The van der Waals surface area contributed by atoms with Crippen LogP contribution in [0.5, 0.6) is 0 Å². The van der Waals surface area contributed by atoms with Gasteiger partial charge in [0.15, 0.2) is 0 Å². The average Bonchev–Trinajstić information content (AvgIpc) is 3.16. The first-order chi connectivity index (χ1) is 8.61. The number of benzene rings is 1. The van der Waals surface area contributed by atoms with Gasteiger partial charge in [-0.05, 0) is 38.0 Å². The average molecular weight is 287 g/mol. The third kappa shape index (κ3) is 3.30. The third-order valence-corrected chi connectivity index (χ3v) is 3.57. The molecule has 0 heterocycles. The van der Waals surface area contributed by atoms with Crippen LogP contribution in [-0.4, -0.2) is 29.9 Å². The zero-order valence-corrected chi connectivity index (χ0v) is 11.8. The van der Waals surface area contributed by atoms with Crippen LogP contribution in [0, 0.1) is 0 Å². The van der Waals surface area contributed by atoms with Gasteiger partial charge in [0.2, 0.25) is 5.91 Å². The Balaban J connectivity index is 1.94. The maximum absolute atomic E-state index is 12.0. The van der Waals surface area contributed by atoms with Crippen molar-refractivity contribution in [2.24, 2.45) is 0 Å². The first-order valence-electron chi connectivity index (χ1n) is 6.10. The van der Waals surface area contributed by atoms with E-state index in [-0.39, 0.29) is 12.5 Å². The van der Waals surface area contributed by atoms with Crippen molar-refractivity contribution < 1.29 is 4.79 Å². The van der Waals surface area contributed by atoms with Crippen molar-refractivity contribution in [1.82, 2.24) is 4.90 Å². The molecule has 0 atom stereocenters. The van der Waals surface area contributed by atoms with Crippen LogP contribution < -0.4 is 5.32 Å². The highest BCUT2D eigenvalue weighted by Crippen LogP contribution is 2.27. The highest BCUT2D eigenvalue weighted by Gasteiger charge is 2.30. The monoisotopic (exact) mass is 286 g/mol. The van der Waals surface area contributed by atoms with Gasteiger partial charge in [0.1, 0.15) is 0 Å². The lowest BCUT2D eigenvalue weighted by Crippen LogP contribution is -2.37. The molecule has 0 aliphatic heterocycles. The minimum atomic E-state index is 0.107. The van der Waals surface area contributed by atoms with Crippen LogP contribution in [0.2, 0.25) is 10.0 Å². The zero-order valence-electron chi connectivity index (χ0n) is 10.2. The van der Waals surface area contributed by atoms with Gasteiger partial charge in [-0.3, -0.25) is 4.79 Å². The summed E-state index contributed by atoms with van der Waals surface area (Å²) >= 11 is 11.9. The zero-order chi connectivity index (χ0) is 13.1. The number of carbonyl (C=O) groups excluding carboxylic acids is 1. The molecule has 98 valence electrons. The van der Waals surface area contributed by atoms with Crippen molar-refractivity contribution >= 4 is 34.8 Å². The van der Waals surface area contributed by atoms with Crippen molar-refractivity contribution in [1.29, 1.82) is 0 Å². The topological polar surface area (TPSA) is 32.3 Å². The number of carbonyl (C=O) groups is 1. The maximum Gasteiger partial charge on any atom is 0.242 e. The molecule has 18 heavy (non-hydrogen) atoms. The maximum atomic E-state index is 12.0. The molecule has 0 bridgehead atoms. The van der Waals surface area contributed by atoms with Crippen LogP contribution in [0.4, 0.5) is 5.69 Å². The molecule has 1 N–H and O–H groups in total. The van der Waals surface area contributed by atoms with Crippen LogP contribution in [0.15, 0.2) is 18.2 Å². The molecule has 1 amide bonds. The number of amides is 1. The van der Waals surface area contributed by atoms with Crippen molar-refractivity contribution in [3.63, 3.8) is 0 Å². The van der Waals surface area contributed by atoms with Crippen LogP contribution >= 0.6 is 23.2 Å². The molecule has 1 aromatic rings. The van der Waals surface area contributed by atoms with Crippen molar-refractivity contribution in [2.45, 2.75) is 25.8 Å². The number of likely N-dealkylation sites (N-methyl/N-ethyl adjacent to an activating group) is 1. The molecule has 0 aromatic heterocycles. The molecular formula is C13H16Cl2N2O. The largest absolute Gasteiger partial charge is 0.375 e. The summed E-state index contributed by atoms with van der Waals surface area (Å²) in [6.45, 7) is 3.02. The summed E-state index contributed by atoms with van der Waals surface area (Å²) in [6, 6.07) is 5.61. The van der Waals surface area contributed by atoms with E-state index in [0.717, 1.165) is 19.4 Å². The van der Waals surface area contributed by atoms with Crippen molar-refractivity contribution in [2.75, 3.05) is 18.4 Å². The van der Waals surface area contributed by atoms with Crippen LogP contribution in [0.3, 0.4) is 0 Å². The molecule has 1 fully saturated rings. The van der Waals surface area contributed by atoms with Gasteiger partial charge in [0.05, 0.1) is 17.3 Å². The van der Waals surface area contributed by atoms with Crippen LogP contribution in [0.25, 0.3) is 0 Å². The number of nitrogens with zero attached hydrogens (tertiary/aromatic N) is 1. The van der Waals surface area contributed by atoms with E-state index in [1.165, 1.54) is 0 Å². The predicted molar refractivity (Wildman–Crippen MR) is 75.4 cm³/mol. The van der Waals surface area contributed by atoms with E-state index in [1.54, 1.807) is 18.2 Å². The van der Waals surface area contributed by atoms with E-state index in [4.69, 9.17) is 23.2 Å². The number of hydrogen-bond donors (Lipinski definition) is 1. The lowest BCUT2D eigenvalue weighted by atomic mass is 10.3. The highest BCUT2D eigenvalue weighted by atomic mass is 35.5. The first-order valence-corrected chi connectivity index (χ1v) is 6.85. The predicted octanol–water partition coefficient (Wildman–Crippen LogP) is 3.42. The lowest BCUT2D eigenvalue weighted by molar-refractivity contribution is -0.129. The summed E-state index contributed by atoms with van der Waals surface area (Å²) in [6.07, 6.45) is 2.25. The normalized spacial score (nSPS) is 14.4. The van der Waals surface area contributed by atoms with E-state index >= 15 is 0 Å². The summed E-state index contributed by atoms with van der Waals surface area (Å²) in [5.41, 5.74) is 0.698. The SMILES string of the molecule is CCN(C(=O)CNc1cc(Cl)ccc1Cl)C1CC1. The van der Waals surface area contributed by atoms with E-state index in [2.05, 4.69) is 5.32 Å². The molecule has 1 aromatic carbocycles. The standard InChI is InChI=1S/C13H16Cl2N2O/c1-2-17(10-4-5-10)13(18)8-16-12-7-9(14)3-6-11(12)15/h3,6-7,10,16H,2,4-5,8H2,1H3. The Morgan fingerprint density at radius 2 is 2.17 bits per heavy atom. The Kier molecular flexibility index (Phi) is 4.36. The Hall–Kier alpha value is -0.930. The molecule has 5 heteroatoms. The van der Waals surface area contributed by atoms with E-state index in [0.29, 0.717) is 21.8 Å². The number of hydrogen-bond acceptors (Lipinski definition) is 2. The molecule has 0 spiro atoms. The minimum Gasteiger partial charge on any atom is -0.375 e. The fraction of sp³-hybridized carbons (Fsp3) is 0.462. The number of anilines is 1. The second-order valence-corrected chi connectivity index (χ2v) is 5.23. The molecular weight excluding hydrogens is 271 g/mol. The number of halogens is 2. The molecule has 0 radical (unpaired) electrons. The number of nitrogens with one attached hydrogen (secondary N) is 1. The molecule has 1 saturated carbocycles. The summed E-state index contributed by atoms with van der Waals surface area (Å²) in [4.78, 5) is 13.9. The molecule has 3 nitrogen and oxygen atoms in total. The number of rotatable bonds is 5. The second-order valence-electron chi connectivity index (χ2n) is 4.39. The van der Waals surface area contributed by atoms with E-state index < -0.39 is 0 Å². The third-order valence-electron chi connectivity index (χ3n) is 3.01. The van der Waals surface area contributed by atoms with Gasteiger partial charge >= 0.3 is 0 Å². The van der Waals surface area contributed by atoms with Gasteiger partial charge in [-0.1, -0.05) is 23.2 Å². The molecule has 1 aliphatic rings. The van der Waals surface area contributed by atoms with Crippen molar-refractivity contribution in [3.05, 3.63) is 28.2 Å². The summed E-state index contributed by atoms with van der Waals surface area (Å²) in [7, 11) is 0. The fourth-order valence-corrected chi connectivity index (χ4v) is 2.29. The molecule has 0 saturated heterocycles. The van der Waals surface area contributed by atoms with Gasteiger partial charge in [-0.25, -0.2) is 0 Å². The Bertz CT molecular complexity index is 447. The van der Waals surface area contributed by atoms with E-state index in [1.807, 2.05) is 11.8 Å². The van der Waals surface area contributed by atoms with Gasteiger partial charge < -0.3 is 10.2 Å². The Labute approximate surface area is 117 Å². The fourth-order valence-electron chi connectivity index (χ4n) is 1.93. The van der Waals surface area contributed by atoms with Crippen molar-refractivity contribution in [3.8, 4) is 0 Å². The Morgan fingerprint density at radius 3 is 2.78 bits per heavy atom. The molecule has 0 unspecified atom stereocenters. The van der Waals surface area contributed by atoms with Crippen LogP contribution in [0.1, 0.15) is 19.8 Å². The Morgan fingerprint density at radius 1 is 1.44 bits per heavy atom. The van der Waals surface area contributed by atoms with E-state index in [9.17, 15) is 4.79 Å². The second kappa shape index (κ2) is 5.81. The quantitative estimate of drug-likeness (QED) is 0.900. The van der Waals surface area contributed by atoms with Gasteiger partial charge in [0, 0.05) is 17.6 Å². The smallest absolute Gasteiger partial charge is 0.242 e. The van der Waals surface area contributed by atoms with Gasteiger partial charge in [-0.2, -0.15) is 0 Å². The molecule has 1 aliphatic carbocycles. The van der Waals surface area contributed by atoms with Crippen LogP contribution in [-0.2, 0) is 4.79 Å². The minimum absolute atomic E-state index is 0.107. The summed E-state index contributed by atoms with van der Waals surface area (Å²) < 4.78 is 0.